The van der Waals surface area contributed by atoms with E-state index in [9.17, 15) is 4.39 Å². The lowest BCUT2D eigenvalue weighted by Crippen LogP contribution is -2.27. The number of aryl methyl sites for hydroxylation is 1. The Kier molecular flexibility index (Phi) is 5.11. The summed E-state index contributed by atoms with van der Waals surface area (Å²) >= 11 is 5.79. The van der Waals surface area contributed by atoms with Gasteiger partial charge < -0.3 is 9.67 Å². The minimum Gasteiger partial charge on any atom is -0.395 e. The molecule has 0 bridgehead atoms. The topological polar surface area (TPSA) is 41.3 Å². The van der Waals surface area contributed by atoms with Crippen LogP contribution in [0.2, 0.25) is 5.02 Å². The summed E-state index contributed by atoms with van der Waals surface area (Å²) in [6.45, 7) is 1.84. The molecule has 1 heterocycles. The fraction of sp³-hybridized carbons (Fsp3) is 0.357. The van der Waals surface area contributed by atoms with Gasteiger partial charge in [-0.15, -0.1) is 0 Å². The highest BCUT2D eigenvalue weighted by Crippen LogP contribution is 2.18. The van der Waals surface area contributed by atoms with Gasteiger partial charge in [-0.2, -0.15) is 0 Å². The van der Waals surface area contributed by atoms with Crippen molar-refractivity contribution in [1.82, 2.24) is 14.5 Å². The second-order valence-corrected chi connectivity index (χ2v) is 5.09. The van der Waals surface area contributed by atoms with Gasteiger partial charge in [0.05, 0.1) is 23.7 Å². The third kappa shape index (κ3) is 3.79. The summed E-state index contributed by atoms with van der Waals surface area (Å²) in [5.74, 6) is -0.421. The Balaban J connectivity index is 2.08. The monoisotopic (exact) mass is 297 g/mol. The van der Waals surface area contributed by atoms with Gasteiger partial charge in [-0.1, -0.05) is 17.7 Å². The van der Waals surface area contributed by atoms with Crippen LogP contribution in [-0.4, -0.2) is 32.7 Å². The van der Waals surface area contributed by atoms with Gasteiger partial charge in [-0.3, -0.25) is 4.90 Å². The van der Waals surface area contributed by atoms with E-state index in [2.05, 4.69) is 9.88 Å². The molecule has 0 saturated carbocycles. The molecule has 2 rings (SSSR count). The Hall–Kier alpha value is -1.43. The van der Waals surface area contributed by atoms with Crippen LogP contribution in [0.15, 0.2) is 30.7 Å². The number of aliphatic hydroxyl groups is 1. The number of benzene rings is 1. The average molecular weight is 298 g/mol. The van der Waals surface area contributed by atoms with Crippen LogP contribution in [0.5, 0.6) is 0 Å². The molecule has 4 nitrogen and oxygen atoms in total. The van der Waals surface area contributed by atoms with Gasteiger partial charge in [-0.05, 0) is 17.7 Å². The lowest BCUT2D eigenvalue weighted by atomic mass is 10.2. The van der Waals surface area contributed by atoms with Gasteiger partial charge in [0.25, 0.3) is 0 Å². The molecule has 0 aliphatic rings. The van der Waals surface area contributed by atoms with Crippen LogP contribution in [0.3, 0.4) is 0 Å². The van der Waals surface area contributed by atoms with E-state index in [-0.39, 0.29) is 11.6 Å². The summed E-state index contributed by atoms with van der Waals surface area (Å²) in [5.41, 5.74) is 1.96. The van der Waals surface area contributed by atoms with E-state index in [4.69, 9.17) is 16.7 Å². The molecule has 20 heavy (non-hydrogen) atoms. The summed E-state index contributed by atoms with van der Waals surface area (Å²) in [7, 11) is 1.92. The lowest BCUT2D eigenvalue weighted by Gasteiger charge is -2.21. The largest absolute Gasteiger partial charge is 0.395 e. The fourth-order valence-corrected chi connectivity index (χ4v) is 2.22. The number of aromatic nitrogens is 2. The van der Waals surface area contributed by atoms with Crippen molar-refractivity contribution in [2.45, 2.75) is 13.1 Å². The Bertz CT molecular complexity index is 573. The summed E-state index contributed by atoms with van der Waals surface area (Å²) in [4.78, 5) is 6.13. The maximum atomic E-state index is 13.1. The van der Waals surface area contributed by atoms with Crippen LogP contribution in [0, 0.1) is 5.82 Å². The third-order valence-corrected chi connectivity index (χ3v) is 3.40. The first-order valence-corrected chi connectivity index (χ1v) is 6.70. The van der Waals surface area contributed by atoms with Gasteiger partial charge >= 0.3 is 0 Å². The molecule has 0 radical (unpaired) electrons. The zero-order chi connectivity index (χ0) is 14.5. The number of nitrogens with zero attached hydrogens (tertiary/aromatic N) is 3. The predicted octanol–water partition coefficient (Wildman–Crippen LogP) is 2.21. The normalized spacial score (nSPS) is 11.2. The lowest BCUT2D eigenvalue weighted by molar-refractivity contribution is 0.181. The SMILES string of the molecule is Cn1cncc1CN(CCO)Cc1ccc(F)c(Cl)c1. The Morgan fingerprint density at radius 1 is 1.40 bits per heavy atom. The van der Waals surface area contributed by atoms with E-state index in [1.807, 2.05) is 11.6 Å². The molecule has 108 valence electrons. The number of imidazole rings is 1. The van der Waals surface area contributed by atoms with Crippen molar-refractivity contribution in [3.63, 3.8) is 0 Å². The molecule has 0 saturated heterocycles. The molecule has 1 aromatic heterocycles. The summed E-state index contributed by atoms with van der Waals surface area (Å²) < 4.78 is 15.1. The highest BCUT2D eigenvalue weighted by Gasteiger charge is 2.10. The van der Waals surface area contributed by atoms with E-state index in [1.165, 1.54) is 6.07 Å². The van der Waals surface area contributed by atoms with Gasteiger partial charge in [0.1, 0.15) is 5.82 Å². The second kappa shape index (κ2) is 6.83. The van der Waals surface area contributed by atoms with E-state index >= 15 is 0 Å². The van der Waals surface area contributed by atoms with Crippen LogP contribution in [0.1, 0.15) is 11.3 Å². The zero-order valence-electron chi connectivity index (χ0n) is 11.3. The van der Waals surface area contributed by atoms with Gasteiger partial charge in [-0.25, -0.2) is 9.37 Å². The molecule has 0 atom stereocenters. The van der Waals surface area contributed by atoms with Crippen LogP contribution in [-0.2, 0) is 20.1 Å². The quantitative estimate of drug-likeness (QED) is 0.889. The number of hydrogen-bond donors (Lipinski definition) is 1. The van der Waals surface area contributed by atoms with Gasteiger partial charge in [0, 0.05) is 32.9 Å². The molecule has 0 fully saturated rings. The molecule has 1 aromatic carbocycles. The standard InChI is InChI=1S/C14H17ClFN3O/c1-18-10-17-7-12(18)9-19(4-5-20)8-11-2-3-14(16)13(15)6-11/h2-3,6-7,10,20H,4-5,8-9H2,1H3. The minimum atomic E-state index is -0.421. The highest BCUT2D eigenvalue weighted by atomic mass is 35.5. The molecular weight excluding hydrogens is 281 g/mol. The maximum Gasteiger partial charge on any atom is 0.141 e. The minimum absolute atomic E-state index is 0.0623. The molecule has 0 aliphatic heterocycles. The maximum absolute atomic E-state index is 13.1. The third-order valence-electron chi connectivity index (χ3n) is 3.11. The van der Waals surface area contributed by atoms with Crippen molar-refractivity contribution in [3.05, 3.63) is 52.8 Å². The van der Waals surface area contributed by atoms with Crippen molar-refractivity contribution >= 4 is 11.6 Å². The first-order valence-electron chi connectivity index (χ1n) is 6.32. The Morgan fingerprint density at radius 3 is 2.80 bits per heavy atom. The van der Waals surface area contributed by atoms with Crippen LogP contribution < -0.4 is 0 Å². The number of halogens is 2. The van der Waals surface area contributed by atoms with Crippen molar-refractivity contribution in [3.8, 4) is 0 Å². The van der Waals surface area contributed by atoms with E-state index in [1.54, 1.807) is 24.7 Å². The summed E-state index contributed by atoms with van der Waals surface area (Å²) in [6, 6.07) is 4.68. The first-order chi connectivity index (χ1) is 9.60. The highest BCUT2D eigenvalue weighted by molar-refractivity contribution is 6.30. The molecule has 2 aromatic rings. The molecule has 1 N–H and O–H groups in total. The van der Waals surface area contributed by atoms with E-state index in [0.29, 0.717) is 19.6 Å². The fourth-order valence-electron chi connectivity index (χ4n) is 2.02. The van der Waals surface area contributed by atoms with Crippen molar-refractivity contribution in [2.75, 3.05) is 13.2 Å². The van der Waals surface area contributed by atoms with E-state index < -0.39 is 5.82 Å². The van der Waals surface area contributed by atoms with E-state index in [0.717, 1.165) is 11.3 Å². The summed E-state index contributed by atoms with van der Waals surface area (Å²) in [5, 5.41) is 9.28. The molecule has 6 heteroatoms. The van der Waals surface area contributed by atoms with Gasteiger partial charge in [0.2, 0.25) is 0 Å². The van der Waals surface area contributed by atoms with Crippen LogP contribution in [0.25, 0.3) is 0 Å². The first kappa shape index (κ1) is 15.0. The van der Waals surface area contributed by atoms with Crippen molar-refractivity contribution in [2.24, 2.45) is 7.05 Å². The Labute approximate surface area is 122 Å². The molecule has 0 spiro atoms. The number of hydrogen-bond acceptors (Lipinski definition) is 3. The number of aliphatic hydroxyl groups excluding tert-OH is 1. The zero-order valence-corrected chi connectivity index (χ0v) is 12.0. The van der Waals surface area contributed by atoms with Crippen molar-refractivity contribution in [1.29, 1.82) is 0 Å². The summed E-state index contributed by atoms with van der Waals surface area (Å²) in [6.07, 6.45) is 3.53. The Morgan fingerprint density at radius 2 is 2.20 bits per heavy atom. The van der Waals surface area contributed by atoms with Crippen LogP contribution in [0.4, 0.5) is 4.39 Å². The van der Waals surface area contributed by atoms with Crippen molar-refractivity contribution < 1.29 is 9.50 Å². The molecule has 0 amide bonds. The molecular formula is C14H17ClFN3O. The average Bonchev–Trinajstić information content (AvgIpc) is 2.80. The van der Waals surface area contributed by atoms with Crippen LogP contribution >= 0.6 is 11.6 Å². The number of rotatable bonds is 6. The molecule has 0 aliphatic carbocycles. The smallest absolute Gasteiger partial charge is 0.141 e. The molecule has 0 unspecified atom stereocenters. The second-order valence-electron chi connectivity index (χ2n) is 4.68. The van der Waals surface area contributed by atoms with Gasteiger partial charge in [0.15, 0.2) is 0 Å². The predicted molar refractivity (Wildman–Crippen MR) is 75.8 cm³/mol.